The quantitative estimate of drug-likeness (QED) is 0.799. The Kier molecular flexibility index (Phi) is 4.93. The van der Waals surface area contributed by atoms with E-state index < -0.39 is 11.9 Å². The fraction of sp³-hybridized carbons (Fsp3) is 0.533. The third-order valence-corrected chi connectivity index (χ3v) is 3.46. The number of benzene rings is 1. The molecule has 2 rings (SSSR count). The summed E-state index contributed by atoms with van der Waals surface area (Å²) in [6.07, 6.45) is 1.01. The molecule has 1 aliphatic heterocycles. The predicted molar refractivity (Wildman–Crippen MR) is 73.2 cm³/mol. The summed E-state index contributed by atoms with van der Waals surface area (Å²) in [5.74, 6) is -1.16. The fourth-order valence-corrected chi connectivity index (χ4v) is 2.50. The van der Waals surface area contributed by atoms with Crippen LogP contribution in [0.1, 0.15) is 30.4 Å². The molecule has 4 nitrogen and oxygen atoms in total. The highest BCUT2D eigenvalue weighted by atomic mass is 16.5. The third kappa shape index (κ3) is 3.55. The van der Waals surface area contributed by atoms with Gasteiger partial charge in [-0.2, -0.15) is 0 Å². The van der Waals surface area contributed by atoms with Gasteiger partial charge in [-0.15, -0.1) is 0 Å². The lowest BCUT2D eigenvalue weighted by Crippen LogP contribution is -2.38. The minimum atomic E-state index is -0.744. The van der Waals surface area contributed by atoms with Gasteiger partial charge in [-0.1, -0.05) is 31.2 Å². The molecule has 1 aromatic carbocycles. The van der Waals surface area contributed by atoms with Crippen LogP contribution in [0.5, 0.6) is 0 Å². The number of aliphatic carboxylic acids is 1. The van der Waals surface area contributed by atoms with Crippen LogP contribution in [-0.4, -0.2) is 42.3 Å². The summed E-state index contributed by atoms with van der Waals surface area (Å²) in [7, 11) is 0. The van der Waals surface area contributed by atoms with Crippen LogP contribution in [0.25, 0.3) is 0 Å². The zero-order valence-corrected chi connectivity index (χ0v) is 11.3. The lowest BCUT2D eigenvalue weighted by Gasteiger charge is -2.32. The molecule has 1 unspecified atom stereocenters. The molecule has 0 fully saturated rings. The van der Waals surface area contributed by atoms with Gasteiger partial charge in [0, 0.05) is 26.2 Å². The largest absolute Gasteiger partial charge is 0.481 e. The van der Waals surface area contributed by atoms with E-state index in [2.05, 4.69) is 11.8 Å². The number of ether oxygens (including phenoxy) is 1. The second kappa shape index (κ2) is 6.68. The van der Waals surface area contributed by atoms with Gasteiger partial charge in [0.1, 0.15) is 0 Å². The Bertz CT molecular complexity index is 433. The van der Waals surface area contributed by atoms with Gasteiger partial charge in [0.25, 0.3) is 0 Å². The maximum atomic E-state index is 11.4. The fourth-order valence-electron chi connectivity index (χ4n) is 2.50. The van der Waals surface area contributed by atoms with Crippen LogP contribution in [0.2, 0.25) is 0 Å². The van der Waals surface area contributed by atoms with Crippen LogP contribution in [0.3, 0.4) is 0 Å². The van der Waals surface area contributed by atoms with E-state index in [4.69, 9.17) is 4.74 Å². The Morgan fingerprint density at radius 1 is 1.42 bits per heavy atom. The first-order valence-electron chi connectivity index (χ1n) is 6.83. The highest BCUT2D eigenvalue weighted by molar-refractivity contribution is 5.77. The predicted octanol–water partition coefficient (Wildman–Crippen LogP) is 2.10. The molecule has 0 aliphatic carbocycles. The van der Waals surface area contributed by atoms with Gasteiger partial charge in [-0.25, -0.2) is 0 Å². The molecule has 1 heterocycles. The number of carboxylic acids is 1. The van der Waals surface area contributed by atoms with Gasteiger partial charge in [-0.05, 0) is 17.5 Å². The van der Waals surface area contributed by atoms with Crippen molar-refractivity contribution in [3.63, 3.8) is 0 Å². The maximum Gasteiger partial charge on any atom is 0.312 e. The van der Waals surface area contributed by atoms with Crippen molar-refractivity contribution in [2.45, 2.75) is 25.8 Å². The lowest BCUT2D eigenvalue weighted by molar-refractivity contribution is -0.139. The molecule has 1 aromatic rings. The van der Waals surface area contributed by atoms with Crippen LogP contribution in [-0.2, 0) is 16.1 Å². The first-order valence-corrected chi connectivity index (χ1v) is 6.83. The summed E-state index contributed by atoms with van der Waals surface area (Å²) in [6, 6.07) is 7.83. The highest BCUT2D eigenvalue weighted by Crippen LogP contribution is 2.28. The molecular weight excluding hydrogens is 242 g/mol. The summed E-state index contributed by atoms with van der Waals surface area (Å²) in [6.45, 7) is 5.70. The molecule has 1 aliphatic rings. The standard InChI is InChI=1S/C15H21NO3/c1-2-8-19-9-7-16-10-12-5-3-4-6-13(12)14(11-16)15(17)18/h3-6,14H,2,7-11H2,1H3,(H,17,18). The first-order chi connectivity index (χ1) is 9.22. The Labute approximate surface area is 114 Å². The van der Waals surface area contributed by atoms with Crippen LogP contribution in [0.15, 0.2) is 24.3 Å². The van der Waals surface area contributed by atoms with Crippen molar-refractivity contribution in [2.75, 3.05) is 26.3 Å². The molecule has 0 radical (unpaired) electrons. The highest BCUT2D eigenvalue weighted by Gasteiger charge is 2.29. The van der Waals surface area contributed by atoms with Gasteiger partial charge in [0.05, 0.1) is 12.5 Å². The van der Waals surface area contributed by atoms with Crippen molar-refractivity contribution in [3.8, 4) is 0 Å². The van der Waals surface area contributed by atoms with E-state index in [1.807, 2.05) is 24.3 Å². The van der Waals surface area contributed by atoms with Crippen LogP contribution in [0.4, 0.5) is 0 Å². The molecule has 0 amide bonds. The zero-order valence-electron chi connectivity index (χ0n) is 11.3. The first kappa shape index (κ1) is 14.0. The molecule has 1 atom stereocenters. The normalized spacial score (nSPS) is 19.1. The van der Waals surface area contributed by atoms with Crippen molar-refractivity contribution in [3.05, 3.63) is 35.4 Å². The van der Waals surface area contributed by atoms with E-state index in [-0.39, 0.29) is 0 Å². The van der Waals surface area contributed by atoms with E-state index in [1.54, 1.807) is 0 Å². The molecule has 0 saturated carbocycles. The maximum absolute atomic E-state index is 11.4. The number of hydrogen-bond donors (Lipinski definition) is 1. The second-order valence-electron chi connectivity index (χ2n) is 4.94. The molecular formula is C15H21NO3. The summed E-state index contributed by atoms with van der Waals surface area (Å²) < 4.78 is 5.48. The average Bonchev–Trinajstić information content (AvgIpc) is 2.42. The number of hydrogen-bond acceptors (Lipinski definition) is 3. The molecule has 104 valence electrons. The molecule has 19 heavy (non-hydrogen) atoms. The van der Waals surface area contributed by atoms with E-state index >= 15 is 0 Å². The monoisotopic (exact) mass is 263 g/mol. The van der Waals surface area contributed by atoms with Gasteiger partial charge < -0.3 is 9.84 Å². The topological polar surface area (TPSA) is 49.8 Å². The summed E-state index contributed by atoms with van der Waals surface area (Å²) in [4.78, 5) is 13.5. The van der Waals surface area contributed by atoms with Crippen LogP contribution in [0, 0.1) is 0 Å². The van der Waals surface area contributed by atoms with Crippen molar-refractivity contribution in [1.29, 1.82) is 0 Å². The SMILES string of the molecule is CCCOCCN1Cc2ccccc2C(C(=O)O)C1. The molecule has 0 aromatic heterocycles. The van der Waals surface area contributed by atoms with Crippen LogP contribution < -0.4 is 0 Å². The van der Waals surface area contributed by atoms with Gasteiger partial charge >= 0.3 is 5.97 Å². The number of rotatable bonds is 6. The summed E-state index contributed by atoms with van der Waals surface area (Å²) in [5, 5.41) is 9.35. The minimum Gasteiger partial charge on any atom is -0.481 e. The van der Waals surface area contributed by atoms with E-state index in [1.165, 1.54) is 0 Å². The van der Waals surface area contributed by atoms with Gasteiger partial charge in [-0.3, -0.25) is 9.69 Å². The Morgan fingerprint density at radius 2 is 2.21 bits per heavy atom. The minimum absolute atomic E-state index is 0.420. The Morgan fingerprint density at radius 3 is 2.95 bits per heavy atom. The molecule has 0 spiro atoms. The Hall–Kier alpha value is -1.39. The lowest BCUT2D eigenvalue weighted by atomic mass is 9.90. The number of carbonyl (C=O) groups is 1. The number of carboxylic acid groups (broad SMARTS) is 1. The van der Waals surface area contributed by atoms with E-state index in [0.29, 0.717) is 13.2 Å². The second-order valence-corrected chi connectivity index (χ2v) is 4.94. The van der Waals surface area contributed by atoms with E-state index in [0.717, 1.165) is 37.2 Å². The van der Waals surface area contributed by atoms with Crippen molar-refractivity contribution in [1.82, 2.24) is 4.90 Å². The number of nitrogens with zero attached hydrogens (tertiary/aromatic N) is 1. The zero-order chi connectivity index (χ0) is 13.7. The summed E-state index contributed by atoms with van der Waals surface area (Å²) >= 11 is 0. The third-order valence-electron chi connectivity index (χ3n) is 3.46. The molecule has 4 heteroatoms. The summed E-state index contributed by atoms with van der Waals surface area (Å²) in [5.41, 5.74) is 2.08. The average molecular weight is 263 g/mol. The molecule has 0 bridgehead atoms. The van der Waals surface area contributed by atoms with E-state index in [9.17, 15) is 9.90 Å². The van der Waals surface area contributed by atoms with Crippen molar-refractivity contribution < 1.29 is 14.6 Å². The Balaban J connectivity index is 2.01. The van der Waals surface area contributed by atoms with Crippen molar-refractivity contribution in [2.24, 2.45) is 0 Å². The molecule has 1 N–H and O–H groups in total. The van der Waals surface area contributed by atoms with Crippen LogP contribution >= 0.6 is 0 Å². The smallest absolute Gasteiger partial charge is 0.312 e. The van der Waals surface area contributed by atoms with Gasteiger partial charge in [0.2, 0.25) is 0 Å². The van der Waals surface area contributed by atoms with Gasteiger partial charge in [0.15, 0.2) is 0 Å². The van der Waals surface area contributed by atoms with Crippen molar-refractivity contribution >= 4 is 5.97 Å². The molecule has 0 saturated heterocycles. The number of fused-ring (bicyclic) bond motifs is 1.